The molecule has 0 aromatic heterocycles. The summed E-state index contributed by atoms with van der Waals surface area (Å²) in [6.45, 7) is 3.88. The fourth-order valence-corrected chi connectivity index (χ4v) is 3.15. The van der Waals surface area contributed by atoms with Crippen LogP contribution in [0.4, 0.5) is 5.69 Å². The number of benzene rings is 1. The number of rotatable bonds is 6. The normalized spacial score (nSPS) is 12.9. The van der Waals surface area contributed by atoms with E-state index < -0.39 is 10.0 Å². The summed E-state index contributed by atoms with van der Waals surface area (Å²) in [6.07, 6.45) is 2.77. The van der Waals surface area contributed by atoms with E-state index in [-0.39, 0.29) is 16.6 Å². The van der Waals surface area contributed by atoms with Crippen LogP contribution in [0.1, 0.15) is 38.7 Å². The molecule has 1 aromatic carbocycles. The van der Waals surface area contributed by atoms with Crippen molar-refractivity contribution in [2.45, 2.75) is 44.0 Å². The summed E-state index contributed by atoms with van der Waals surface area (Å²) in [6, 6.07) is 5.96. The maximum atomic E-state index is 12.2. The van der Waals surface area contributed by atoms with Crippen LogP contribution < -0.4 is 10.5 Å². The highest BCUT2D eigenvalue weighted by atomic mass is 32.2. The lowest BCUT2D eigenvalue weighted by atomic mass is 10.2. The van der Waals surface area contributed by atoms with Gasteiger partial charge in [0.05, 0.1) is 17.3 Å². The Kier molecular flexibility index (Phi) is 5.33. The smallest absolute Gasteiger partial charge is 0.242 e. The molecule has 0 spiro atoms. The van der Waals surface area contributed by atoms with E-state index in [2.05, 4.69) is 11.6 Å². The SMILES string of the molecule is CCCCC(C)NS(=O)(=O)c1ccc(C#N)cc1N. The van der Waals surface area contributed by atoms with Gasteiger partial charge in [0, 0.05) is 6.04 Å². The lowest BCUT2D eigenvalue weighted by Gasteiger charge is -2.15. The van der Waals surface area contributed by atoms with Crippen molar-refractivity contribution in [3.05, 3.63) is 23.8 Å². The predicted molar refractivity (Wildman–Crippen MR) is 74.9 cm³/mol. The van der Waals surface area contributed by atoms with E-state index in [9.17, 15) is 8.42 Å². The molecule has 3 N–H and O–H groups in total. The molecule has 1 atom stereocenters. The topological polar surface area (TPSA) is 96.0 Å². The fourth-order valence-electron chi connectivity index (χ4n) is 1.76. The van der Waals surface area contributed by atoms with Gasteiger partial charge in [0.15, 0.2) is 0 Å². The van der Waals surface area contributed by atoms with Crippen molar-refractivity contribution in [1.82, 2.24) is 4.72 Å². The van der Waals surface area contributed by atoms with E-state index in [0.717, 1.165) is 19.3 Å². The summed E-state index contributed by atoms with van der Waals surface area (Å²) in [5.41, 5.74) is 6.12. The quantitative estimate of drug-likeness (QED) is 0.779. The molecule has 0 heterocycles. The van der Waals surface area contributed by atoms with Gasteiger partial charge in [-0.2, -0.15) is 5.26 Å². The molecule has 0 amide bonds. The van der Waals surface area contributed by atoms with Crippen molar-refractivity contribution in [2.24, 2.45) is 0 Å². The second-order valence-corrected chi connectivity index (χ2v) is 6.21. The van der Waals surface area contributed by atoms with Crippen molar-refractivity contribution < 1.29 is 8.42 Å². The van der Waals surface area contributed by atoms with Crippen LogP contribution in [-0.2, 0) is 10.0 Å². The maximum Gasteiger partial charge on any atom is 0.242 e. The number of nitrogen functional groups attached to an aromatic ring is 1. The molecule has 1 rings (SSSR count). The highest BCUT2D eigenvalue weighted by molar-refractivity contribution is 7.89. The van der Waals surface area contributed by atoms with E-state index in [0.29, 0.717) is 5.56 Å². The molecule has 19 heavy (non-hydrogen) atoms. The first-order valence-corrected chi connectivity index (χ1v) is 7.71. The number of hydrogen-bond donors (Lipinski definition) is 2. The molecule has 0 aliphatic rings. The number of unbranched alkanes of at least 4 members (excludes halogenated alkanes) is 1. The molecule has 104 valence electrons. The van der Waals surface area contributed by atoms with Crippen LogP contribution in [0.5, 0.6) is 0 Å². The largest absolute Gasteiger partial charge is 0.398 e. The summed E-state index contributed by atoms with van der Waals surface area (Å²) in [7, 11) is -3.63. The van der Waals surface area contributed by atoms with Crippen molar-refractivity contribution in [1.29, 1.82) is 5.26 Å². The number of hydrogen-bond acceptors (Lipinski definition) is 4. The Morgan fingerprint density at radius 2 is 2.16 bits per heavy atom. The number of nitriles is 1. The Morgan fingerprint density at radius 1 is 1.47 bits per heavy atom. The Morgan fingerprint density at radius 3 is 2.68 bits per heavy atom. The van der Waals surface area contributed by atoms with Crippen molar-refractivity contribution in [3.8, 4) is 6.07 Å². The summed E-state index contributed by atoms with van der Waals surface area (Å²) in [4.78, 5) is 0.0230. The van der Waals surface area contributed by atoms with Crippen LogP contribution in [-0.4, -0.2) is 14.5 Å². The Labute approximate surface area is 114 Å². The van der Waals surface area contributed by atoms with Gasteiger partial charge in [-0.05, 0) is 31.5 Å². The van der Waals surface area contributed by atoms with Crippen molar-refractivity contribution in [2.75, 3.05) is 5.73 Å². The number of sulfonamides is 1. The minimum absolute atomic E-state index is 0.0230. The fraction of sp³-hybridized carbons (Fsp3) is 0.462. The van der Waals surface area contributed by atoms with E-state index in [1.54, 1.807) is 0 Å². The molecular formula is C13H19N3O2S. The molecule has 0 bridgehead atoms. The maximum absolute atomic E-state index is 12.2. The third-order valence-corrected chi connectivity index (χ3v) is 4.44. The number of nitrogens with zero attached hydrogens (tertiary/aromatic N) is 1. The second-order valence-electron chi connectivity index (χ2n) is 4.53. The zero-order valence-corrected chi connectivity index (χ0v) is 12.0. The van der Waals surface area contributed by atoms with Crippen LogP contribution in [0.15, 0.2) is 23.1 Å². The van der Waals surface area contributed by atoms with E-state index in [1.807, 2.05) is 13.0 Å². The van der Waals surface area contributed by atoms with Gasteiger partial charge < -0.3 is 5.73 Å². The summed E-state index contributed by atoms with van der Waals surface area (Å²) < 4.78 is 26.9. The molecule has 1 aromatic rings. The summed E-state index contributed by atoms with van der Waals surface area (Å²) in [5, 5.41) is 8.73. The monoisotopic (exact) mass is 281 g/mol. The van der Waals surface area contributed by atoms with Gasteiger partial charge in [0.1, 0.15) is 4.90 Å². The Hall–Kier alpha value is -1.58. The average molecular weight is 281 g/mol. The molecule has 5 nitrogen and oxygen atoms in total. The van der Waals surface area contributed by atoms with Gasteiger partial charge in [0.25, 0.3) is 0 Å². The third-order valence-electron chi connectivity index (χ3n) is 2.78. The molecule has 0 fully saturated rings. The lowest BCUT2D eigenvalue weighted by Crippen LogP contribution is -2.33. The first kappa shape index (κ1) is 15.5. The third kappa shape index (κ3) is 4.23. The number of nitrogens with two attached hydrogens (primary N) is 1. The first-order chi connectivity index (χ1) is 8.90. The van der Waals surface area contributed by atoms with E-state index in [1.165, 1.54) is 18.2 Å². The molecular weight excluding hydrogens is 262 g/mol. The van der Waals surface area contributed by atoms with Gasteiger partial charge in [-0.1, -0.05) is 19.8 Å². The zero-order chi connectivity index (χ0) is 14.5. The standard InChI is InChI=1S/C13H19N3O2S/c1-3-4-5-10(2)16-19(17,18)13-7-6-11(9-14)8-12(13)15/h6-8,10,16H,3-5,15H2,1-2H3. The summed E-state index contributed by atoms with van der Waals surface area (Å²) >= 11 is 0. The second kappa shape index (κ2) is 6.55. The molecule has 0 aliphatic carbocycles. The van der Waals surface area contributed by atoms with Crippen LogP contribution in [0.2, 0.25) is 0 Å². The minimum atomic E-state index is -3.63. The van der Waals surface area contributed by atoms with Crippen LogP contribution in [0, 0.1) is 11.3 Å². The first-order valence-electron chi connectivity index (χ1n) is 6.22. The number of anilines is 1. The van der Waals surface area contributed by atoms with Gasteiger partial charge in [-0.15, -0.1) is 0 Å². The predicted octanol–water partition coefficient (Wildman–Crippen LogP) is 2.00. The average Bonchev–Trinajstić information content (AvgIpc) is 2.35. The van der Waals surface area contributed by atoms with E-state index >= 15 is 0 Å². The highest BCUT2D eigenvalue weighted by Gasteiger charge is 2.19. The van der Waals surface area contributed by atoms with Gasteiger partial charge >= 0.3 is 0 Å². The van der Waals surface area contributed by atoms with E-state index in [4.69, 9.17) is 11.0 Å². The van der Waals surface area contributed by atoms with Crippen LogP contribution in [0.3, 0.4) is 0 Å². The van der Waals surface area contributed by atoms with Crippen LogP contribution in [0.25, 0.3) is 0 Å². The molecule has 0 radical (unpaired) electrons. The lowest BCUT2D eigenvalue weighted by molar-refractivity contribution is 0.534. The van der Waals surface area contributed by atoms with Gasteiger partial charge in [0.2, 0.25) is 10.0 Å². The highest BCUT2D eigenvalue weighted by Crippen LogP contribution is 2.20. The molecule has 0 aliphatic heterocycles. The molecule has 0 saturated carbocycles. The zero-order valence-electron chi connectivity index (χ0n) is 11.2. The molecule has 6 heteroatoms. The van der Waals surface area contributed by atoms with Crippen LogP contribution >= 0.6 is 0 Å². The molecule has 1 unspecified atom stereocenters. The van der Waals surface area contributed by atoms with Gasteiger partial charge in [-0.3, -0.25) is 0 Å². The van der Waals surface area contributed by atoms with Crippen molar-refractivity contribution in [3.63, 3.8) is 0 Å². The summed E-state index contributed by atoms with van der Waals surface area (Å²) in [5.74, 6) is 0. The molecule has 0 saturated heterocycles. The van der Waals surface area contributed by atoms with Gasteiger partial charge in [-0.25, -0.2) is 13.1 Å². The Balaban J connectivity index is 2.92. The Bertz CT molecular complexity index is 576. The van der Waals surface area contributed by atoms with Crippen molar-refractivity contribution >= 4 is 15.7 Å². The number of nitrogens with one attached hydrogen (secondary N) is 1. The minimum Gasteiger partial charge on any atom is -0.398 e.